The van der Waals surface area contributed by atoms with Gasteiger partial charge >= 0.3 is 7.82 Å². The summed E-state index contributed by atoms with van der Waals surface area (Å²) in [7, 11) is -4.24. The summed E-state index contributed by atoms with van der Waals surface area (Å²) in [6, 6.07) is 6.83. The van der Waals surface area contributed by atoms with Gasteiger partial charge in [0, 0.05) is 24.8 Å². The topological polar surface area (TPSA) is 196 Å². The summed E-state index contributed by atoms with van der Waals surface area (Å²) in [6.45, 7) is 0.346. The van der Waals surface area contributed by atoms with Crippen LogP contribution in [-0.2, 0) is 36.1 Å². The molecule has 0 aromatic carbocycles. The Labute approximate surface area is 221 Å². The van der Waals surface area contributed by atoms with Gasteiger partial charge in [0.1, 0.15) is 17.7 Å². The van der Waals surface area contributed by atoms with Crippen LogP contribution >= 0.6 is 7.82 Å². The van der Waals surface area contributed by atoms with Gasteiger partial charge in [0.05, 0.1) is 26.1 Å². The van der Waals surface area contributed by atoms with Crippen molar-refractivity contribution in [3.8, 4) is 0 Å². The maximum Gasteiger partial charge on any atom is 0.475 e. The molecule has 0 radical (unpaired) electrons. The van der Waals surface area contributed by atoms with Crippen molar-refractivity contribution >= 4 is 30.8 Å². The first-order valence-electron chi connectivity index (χ1n) is 11.8. The minimum Gasteiger partial charge on any atom is -0.387 e. The number of phosphoric ester groups is 1. The van der Waals surface area contributed by atoms with Crippen molar-refractivity contribution in [1.82, 2.24) is 29.5 Å². The zero-order valence-corrected chi connectivity index (χ0v) is 21.6. The number of alkyl halides is 1. The van der Waals surface area contributed by atoms with Crippen LogP contribution in [0.1, 0.15) is 24.3 Å². The predicted molar refractivity (Wildman–Crippen MR) is 135 cm³/mol. The average molecular weight is 560 g/mol. The van der Waals surface area contributed by atoms with E-state index in [1.54, 1.807) is 36.7 Å². The normalized spacial score (nSPS) is 23.4. The molecule has 0 amide bonds. The van der Waals surface area contributed by atoms with Gasteiger partial charge in [-0.25, -0.2) is 13.9 Å². The number of nitrogens with zero attached hydrogens (tertiary/aromatic N) is 6. The van der Waals surface area contributed by atoms with Gasteiger partial charge in [-0.3, -0.25) is 28.1 Å². The minimum atomic E-state index is -4.24. The second-order valence-electron chi connectivity index (χ2n) is 8.93. The summed E-state index contributed by atoms with van der Waals surface area (Å²) in [5.74, 6) is -0.133. The fourth-order valence-corrected chi connectivity index (χ4v) is 5.20. The molecule has 0 unspecified atom stereocenters. The second-order valence-corrected chi connectivity index (χ2v) is 10.6. The number of aliphatic hydroxyl groups excluding tert-OH is 1. The number of rotatable bonds is 10. The molecule has 206 valence electrons. The molecule has 4 atom stereocenters. The number of ether oxygens (including phenoxy) is 1. The van der Waals surface area contributed by atoms with Crippen LogP contribution in [0, 0.1) is 0 Å². The molecule has 0 spiro atoms. The zero-order valence-electron chi connectivity index (χ0n) is 20.7. The summed E-state index contributed by atoms with van der Waals surface area (Å²) in [4.78, 5) is 20.0. The van der Waals surface area contributed by atoms with Crippen LogP contribution in [-0.4, -0.2) is 59.1 Å². The monoisotopic (exact) mass is 560 g/mol. The Kier molecular flexibility index (Phi) is 7.53. The number of nitrogens with two attached hydrogens (primary N) is 2. The lowest BCUT2D eigenvalue weighted by molar-refractivity contribution is -0.0581. The van der Waals surface area contributed by atoms with Crippen molar-refractivity contribution in [2.75, 3.05) is 18.1 Å². The lowest BCUT2D eigenvalue weighted by Gasteiger charge is -2.24. The van der Waals surface area contributed by atoms with Gasteiger partial charge in [-0.1, -0.05) is 12.1 Å². The lowest BCUT2D eigenvalue weighted by Crippen LogP contribution is -2.40. The molecule has 5 rings (SSSR count). The third kappa shape index (κ3) is 5.73. The van der Waals surface area contributed by atoms with Crippen LogP contribution in [0.3, 0.4) is 0 Å². The van der Waals surface area contributed by atoms with Gasteiger partial charge in [0.2, 0.25) is 5.95 Å². The number of phosphoric acid groups is 1. The van der Waals surface area contributed by atoms with Gasteiger partial charge in [0.25, 0.3) is 0 Å². The lowest BCUT2D eigenvalue weighted by atomic mass is 9.98. The molecule has 1 aliphatic rings. The molecule has 4 aromatic heterocycles. The molecule has 14 nitrogen and oxygen atoms in total. The maximum absolute atomic E-state index is 15.8. The number of hydrogen-bond donors (Lipinski definition) is 3. The Morgan fingerprint density at radius 3 is 2.33 bits per heavy atom. The summed E-state index contributed by atoms with van der Waals surface area (Å²) in [5.41, 5.74) is 10.8. The fourth-order valence-electron chi connectivity index (χ4n) is 4.03. The molecule has 0 saturated carbocycles. The predicted octanol–water partition coefficient (Wildman–Crippen LogP) is 2.33. The maximum atomic E-state index is 15.8. The van der Waals surface area contributed by atoms with E-state index in [1.165, 1.54) is 23.3 Å². The minimum absolute atomic E-state index is 0.00714. The fraction of sp³-hybridized carbons (Fsp3) is 0.348. The highest BCUT2D eigenvalue weighted by Gasteiger charge is 2.56. The molecule has 0 aliphatic carbocycles. The van der Waals surface area contributed by atoms with Crippen molar-refractivity contribution in [2.45, 2.75) is 44.2 Å². The van der Waals surface area contributed by atoms with E-state index in [9.17, 15) is 9.67 Å². The highest BCUT2D eigenvalue weighted by molar-refractivity contribution is 7.48. The Morgan fingerprint density at radius 2 is 1.74 bits per heavy atom. The second kappa shape index (κ2) is 10.9. The van der Waals surface area contributed by atoms with E-state index in [1.807, 2.05) is 0 Å². The third-order valence-corrected chi connectivity index (χ3v) is 7.41. The first-order chi connectivity index (χ1) is 18.7. The Balaban J connectivity index is 1.33. The summed E-state index contributed by atoms with van der Waals surface area (Å²) < 4.78 is 53.1. The van der Waals surface area contributed by atoms with E-state index in [4.69, 9.17) is 29.8 Å². The smallest absolute Gasteiger partial charge is 0.387 e. The van der Waals surface area contributed by atoms with Gasteiger partial charge in [-0.2, -0.15) is 9.97 Å². The van der Waals surface area contributed by atoms with E-state index >= 15 is 4.39 Å². The van der Waals surface area contributed by atoms with E-state index in [-0.39, 0.29) is 36.1 Å². The summed E-state index contributed by atoms with van der Waals surface area (Å²) in [6.07, 6.45) is 3.14. The van der Waals surface area contributed by atoms with Gasteiger partial charge in [-0.15, -0.1) is 0 Å². The van der Waals surface area contributed by atoms with Crippen molar-refractivity contribution in [2.24, 2.45) is 0 Å². The highest BCUT2D eigenvalue weighted by Crippen LogP contribution is 2.52. The molecule has 1 saturated heterocycles. The molecule has 39 heavy (non-hydrogen) atoms. The SMILES string of the molecule is C[C@]1(F)[C@@H](O)[C@@H](COP(=O)(OCc2cccnc2)OCc2cccnc2)O[C@H]1n1cnc2c(N)nc(N)nc21. The first-order valence-corrected chi connectivity index (χ1v) is 13.2. The quantitative estimate of drug-likeness (QED) is 0.239. The number of aliphatic hydroxyl groups is 1. The van der Waals surface area contributed by atoms with Crippen LogP contribution in [0.5, 0.6) is 0 Å². The van der Waals surface area contributed by atoms with Crippen molar-refractivity contribution in [1.29, 1.82) is 0 Å². The molecular formula is C23H26FN8O6P. The Bertz CT molecular complexity index is 1430. The molecule has 1 fully saturated rings. The number of fused-ring (bicyclic) bond motifs is 1. The summed E-state index contributed by atoms with van der Waals surface area (Å²) >= 11 is 0. The molecular weight excluding hydrogens is 534 g/mol. The molecule has 0 bridgehead atoms. The van der Waals surface area contributed by atoms with Crippen molar-refractivity contribution in [3.05, 3.63) is 66.5 Å². The molecule has 5 N–H and O–H groups in total. The number of hydrogen-bond acceptors (Lipinski definition) is 13. The van der Waals surface area contributed by atoms with Gasteiger partial charge in [0.15, 0.2) is 23.4 Å². The molecule has 1 aliphatic heterocycles. The summed E-state index contributed by atoms with van der Waals surface area (Å²) in [5, 5.41) is 10.8. The molecule has 4 aromatic rings. The van der Waals surface area contributed by atoms with E-state index < -0.39 is 38.5 Å². The van der Waals surface area contributed by atoms with Crippen LogP contribution in [0.25, 0.3) is 11.2 Å². The van der Waals surface area contributed by atoms with Crippen LogP contribution in [0.2, 0.25) is 0 Å². The zero-order chi connectivity index (χ0) is 27.6. The highest BCUT2D eigenvalue weighted by atomic mass is 31.2. The average Bonchev–Trinajstić information content (AvgIpc) is 3.44. The van der Waals surface area contributed by atoms with E-state index in [0.29, 0.717) is 11.1 Å². The van der Waals surface area contributed by atoms with Crippen LogP contribution in [0.4, 0.5) is 16.2 Å². The number of anilines is 2. The van der Waals surface area contributed by atoms with Crippen molar-refractivity contribution < 1.29 is 32.4 Å². The van der Waals surface area contributed by atoms with Gasteiger partial charge < -0.3 is 21.3 Å². The number of aromatic nitrogens is 6. The number of halogens is 1. The van der Waals surface area contributed by atoms with E-state index in [0.717, 1.165) is 6.92 Å². The Morgan fingerprint density at radius 1 is 1.10 bits per heavy atom. The Hall–Kier alpha value is -3.59. The third-order valence-electron chi connectivity index (χ3n) is 6.06. The number of nitrogen functional groups attached to an aromatic ring is 2. The van der Waals surface area contributed by atoms with Crippen molar-refractivity contribution in [3.63, 3.8) is 0 Å². The largest absolute Gasteiger partial charge is 0.475 e. The first kappa shape index (κ1) is 27.0. The van der Waals surface area contributed by atoms with Crippen LogP contribution in [0.15, 0.2) is 55.4 Å². The van der Waals surface area contributed by atoms with Gasteiger partial charge in [-0.05, 0) is 30.2 Å². The van der Waals surface area contributed by atoms with Crippen LogP contribution < -0.4 is 11.5 Å². The number of pyridine rings is 2. The number of imidazole rings is 1. The van der Waals surface area contributed by atoms with E-state index in [2.05, 4.69) is 24.9 Å². The standard InChI is InChI=1S/C23H26FN8O6P/c1-23(24)18(33)16(38-21(23)32-13-29-17-19(25)30-22(26)31-20(17)32)12-37-39(34,35-10-14-4-2-6-27-8-14)36-11-15-5-3-7-28-9-15/h2-9,13,16,18,21,33H,10-12H2,1H3,(H4,25,26,30,31)/t16-,18+,21-,23+/m1/s1. The molecule has 16 heteroatoms. The molecule has 5 heterocycles.